The summed E-state index contributed by atoms with van der Waals surface area (Å²) < 4.78 is 0. The molecule has 7 atom stereocenters. The minimum atomic E-state index is 0.424. The Kier molecular flexibility index (Phi) is 5.05. The lowest BCUT2D eigenvalue weighted by molar-refractivity contribution is -0.0963. The summed E-state index contributed by atoms with van der Waals surface area (Å²) >= 11 is 0. The van der Waals surface area contributed by atoms with Crippen LogP contribution in [0.3, 0.4) is 0 Å². The molecule has 0 aromatic rings. The molecular weight excluding hydrogens is 336 g/mol. The van der Waals surface area contributed by atoms with E-state index in [0.717, 1.165) is 36.5 Å². The Morgan fingerprint density at radius 1 is 0.926 bits per heavy atom. The van der Waals surface area contributed by atoms with Gasteiger partial charge in [0.1, 0.15) is 14.2 Å². The van der Waals surface area contributed by atoms with E-state index < -0.39 is 0 Å². The van der Waals surface area contributed by atoms with Crippen LogP contribution in [0.2, 0.25) is 0 Å². The highest BCUT2D eigenvalue weighted by molar-refractivity contribution is 5.85. The van der Waals surface area contributed by atoms with Crippen molar-refractivity contribution in [3.05, 3.63) is 0 Å². The first-order valence-electron chi connectivity index (χ1n) is 11.1. The van der Waals surface area contributed by atoms with Crippen LogP contribution in [0, 0.1) is 40.4 Å². The number of oxime groups is 2. The van der Waals surface area contributed by atoms with Gasteiger partial charge in [-0.1, -0.05) is 24.2 Å². The van der Waals surface area contributed by atoms with Gasteiger partial charge in [-0.2, -0.15) is 0 Å². The number of fused-ring (bicyclic) bond motifs is 5. The van der Waals surface area contributed by atoms with Crippen LogP contribution in [0.4, 0.5) is 0 Å². The van der Waals surface area contributed by atoms with E-state index in [-0.39, 0.29) is 0 Å². The van der Waals surface area contributed by atoms with Crippen LogP contribution in [0.25, 0.3) is 0 Å². The van der Waals surface area contributed by atoms with Gasteiger partial charge in [-0.25, -0.2) is 0 Å². The summed E-state index contributed by atoms with van der Waals surface area (Å²) in [6.07, 6.45) is 11.8. The summed E-state index contributed by atoms with van der Waals surface area (Å²) in [7, 11) is 3.37. The Balaban J connectivity index is 1.56. The molecule has 27 heavy (non-hydrogen) atoms. The SMILES string of the molecule is CO/N=C1\CCC2(C)C3CCC4(C)C(/C(C)=N/OC)CCC4C3CC[C@@H]2C1. The average Bonchev–Trinajstić information content (AvgIpc) is 3.00. The summed E-state index contributed by atoms with van der Waals surface area (Å²) in [5.41, 5.74) is 3.45. The van der Waals surface area contributed by atoms with Gasteiger partial charge < -0.3 is 9.68 Å². The highest BCUT2D eigenvalue weighted by Gasteiger charge is 2.60. The molecule has 4 aliphatic carbocycles. The van der Waals surface area contributed by atoms with E-state index in [1.807, 2.05) is 0 Å². The third-order valence-electron chi connectivity index (χ3n) is 9.46. The normalized spacial score (nSPS) is 48.6. The maximum Gasteiger partial charge on any atom is 0.106 e. The predicted octanol–water partition coefficient (Wildman–Crippen LogP) is 5.67. The van der Waals surface area contributed by atoms with Crippen LogP contribution in [0.5, 0.6) is 0 Å². The van der Waals surface area contributed by atoms with Crippen molar-refractivity contribution in [2.24, 2.45) is 50.7 Å². The van der Waals surface area contributed by atoms with Crippen molar-refractivity contribution in [3.63, 3.8) is 0 Å². The minimum Gasteiger partial charge on any atom is -0.399 e. The molecular formula is C23H38N2O2. The molecule has 0 aliphatic heterocycles. The van der Waals surface area contributed by atoms with E-state index in [1.165, 1.54) is 56.4 Å². The molecule has 4 nitrogen and oxygen atoms in total. The molecule has 0 aromatic heterocycles. The third kappa shape index (κ3) is 2.93. The maximum atomic E-state index is 5.13. The molecule has 4 rings (SSSR count). The lowest BCUT2D eigenvalue weighted by Gasteiger charge is -2.60. The van der Waals surface area contributed by atoms with Gasteiger partial charge in [-0.15, -0.1) is 0 Å². The van der Waals surface area contributed by atoms with Crippen LogP contribution >= 0.6 is 0 Å². The minimum absolute atomic E-state index is 0.424. The van der Waals surface area contributed by atoms with E-state index in [1.54, 1.807) is 14.2 Å². The molecule has 0 spiro atoms. The van der Waals surface area contributed by atoms with E-state index in [2.05, 4.69) is 31.1 Å². The molecule has 0 bridgehead atoms. The zero-order valence-electron chi connectivity index (χ0n) is 18.0. The Bertz CT molecular complexity index is 630. The number of rotatable bonds is 3. The van der Waals surface area contributed by atoms with Crippen molar-refractivity contribution in [1.29, 1.82) is 0 Å². The molecule has 4 heteroatoms. The van der Waals surface area contributed by atoms with Crippen LogP contribution in [0.1, 0.15) is 78.6 Å². The van der Waals surface area contributed by atoms with Gasteiger partial charge in [-0.3, -0.25) is 0 Å². The highest BCUT2D eigenvalue weighted by atomic mass is 16.6. The molecule has 0 aromatic carbocycles. The molecule has 0 heterocycles. The monoisotopic (exact) mass is 374 g/mol. The number of hydrogen-bond donors (Lipinski definition) is 0. The Morgan fingerprint density at radius 3 is 2.44 bits per heavy atom. The van der Waals surface area contributed by atoms with Crippen molar-refractivity contribution in [3.8, 4) is 0 Å². The van der Waals surface area contributed by atoms with Gasteiger partial charge in [0.15, 0.2) is 0 Å². The van der Waals surface area contributed by atoms with Gasteiger partial charge in [0, 0.05) is 5.92 Å². The van der Waals surface area contributed by atoms with E-state index in [4.69, 9.17) is 9.68 Å². The molecule has 4 aliphatic rings. The molecule has 0 saturated heterocycles. The third-order valence-corrected chi connectivity index (χ3v) is 9.46. The Morgan fingerprint density at radius 2 is 1.70 bits per heavy atom. The van der Waals surface area contributed by atoms with E-state index >= 15 is 0 Å². The second-order valence-corrected chi connectivity index (χ2v) is 10.3. The zero-order chi connectivity index (χ0) is 19.2. The number of nitrogens with zero attached hydrogens (tertiary/aromatic N) is 2. The Hall–Kier alpha value is -1.06. The first kappa shape index (κ1) is 19.3. The first-order valence-corrected chi connectivity index (χ1v) is 11.1. The molecule has 0 radical (unpaired) electrons. The molecule has 0 amide bonds. The Labute approximate surface area is 165 Å². The van der Waals surface area contributed by atoms with Crippen molar-refractivity contribution >= 4 is 11.4 Å². The zero-order valence-corrected chi connectivity index (χ0v) is 18.0. The lowest BCUT2D eigenvalue weighted by atomic mass is 9.44. The standard InChI is InChI=1S/C23H38N2O2/c1-15(24-26-4)19-8-9-20-18-7-6-16-14-17(25-27-5)10-12-22(16,2)21(18)11-13-23(19,20)3/h16,18-21H,6-14H2,1-5H3/b24-15+,25-17+/t16-,18?,19?,20?,21?,22?,23?/m1/s1. The number of hydrogen-bond acceptors (Lipinski definition) is 4. The fourth-order valence-electron chi connectivity index (χ4n) is 8.17. The molecule has 152 valence electrons. The maximum absolute atomic E-state index is 5.13. The van der Waals surface area contributed by atoms with E-state index in [0.29, 0.717) is 16.7 Å². The lowest BCUT2D eigenvalue weighted by Crippen LogP contribution is -2.53. The molecule has 4 saturated carbocycles. The smallest absolute Gasteiger partial charge is 0.106 e. The molecule has 4 fully saturated rings. The summed E-state index contributed by atoms with van der Waals surface area (Å²) in [4.78, 5) is 10.2. The van der Waals surface area contributed by atoms with Crippen LogP contribution in [-0.2, 0) is 9.68 Å². The van der Waals surface area contributed by atoms with Gasteiger partial charge in [0.2, 0.25) is 0 Å². The van der Waals surface area contributed by atoms with Crippen molar-refractivity contribution in [2.75, 3.05) is 14.2 Å². The second-order valence-electron chi connectivity index (χ2n) is 10.3. The van der Waals surface area contributed by atoms with Gasteiger partial charge in [0.05, 0.1) is 11.4 Å². The van der Waals surface area contributed by atoms with Crippen LogP contribution in [0.15, 0.2) is 10.3 Å². The second kappa shape index (κ2) is 7.08. The quantitative estimate of drug-likeness (QED) is 0.472. The van der Waals surface area contributed by atoms with Crippen LogP contribution in [-0.4, -0.2) is 25.6 Å². The van der Waals surface area contributed by atoms with E-state index in [9.17, 15) is 0 Å². The van der Waals surface area contributed by atoms with Gasteiger partial charge in [-0.05, 0) is 99.2 Å². The van der Waals surface area contributed by atoms with Crippen LogP contribution < -0.4 is 0 Å². The van der Waals surface area contributed by atoms with Crippen molar-refractivity contribution in [1.82, 2.24) is 0 Å². The van der Waals surface area contributed by atoms with Gasteiger partial charge in [0.25, 0.3) is 0 Å². The average molecular weight is 375 g/mol. The van der Waals surface area contributed by atoms with Gasteiger partial charge >= 0.3 is 0 Å². The van der Waals surface area contributed by atoms with Crippen molar-refractivity contribution < 1.29 is 9.68 Å². The predicted molar refractivity (Wildman–Crippen MR) is 110 cm³/mol. The molecule has 0 N–H and O–H groups in total. The molecule has 6 unspecified atom stereocenters. The summed E-state index contributed by atoms with van der Waals surface area (Å²) in [6, 6.07) is 0. The summed E-state index contributed by atoms with van der Waals surface area (Å²) in [5.74, 6) is 4.10. The largest absolute Gasteiger partial charge is 0.399 e. The fourth-order valence-corrected chi connectivity index (χ4v) is 8.17. The summed E-state index contributed by atoms with van der Waals surface area (Å²) in [5, 5.41) is 8.66. The topological polar surface area (TPSA) is 43.2 Å². The first-order chi connectivity index (χ1) is 12.9. The summed E-state index contributed by atoms with van der Waals surface area (Å²) in [6.45, 7) is 7.37. The fraction of sp³-hybridized carbons (Fsp3) is 0.913. The van der Waals surface area contributed by atoms with Crippen molar-refractivity contribution in [2.45, 2.75) is 78.6 Å². The highest BCUT2D eigenvalue weighted by Crippen LogP contribution is 2.67.